The predicted molar refractivity (Wildman–Crippen MR) is 70.7 cm³/mol. The first-order chi connectivity index (χ1) is 8.53. The van der Waals surface area contributed by atoms with Crippen molar-refractivity contribution in [1.29, 1.82) is 0 Å². The van der Waals surface area contributed by atoms with Crippen molar-refractivity contribution >= 4 is 9.84 Å². The molecule has 1 aliphatic heterocycles. The number of aliphatic hydroxyl groups excluding tert-OH is 1. The van der Waals surface area contributed by atoms with Crippen molar-refractivity contribution < 1.29 is 13.5 Å². The average molecular weight is 269 g/mol. The number of sulfone groups is 1. The van der Waals surface area contributed by atoms with Crippen molar-refractivity contribution in [1.82, 2.24) is 0 Å². The van der Waals surface area contributed by atoms with Gasteiger partial charge in [0.2, 0.25) is 0 Å². The maximum absolute atomic E-state index is 11.6. The Kier molecular flexibility index (Phi) is 4.04. The van der Waals surface area contributed by atoms with E-state index in [1.807, 2.05) is 24.3 Å². The summed E-state index contributed by atoms with van der Waals surface area (Å²) in [6, 6.07) is 7.41. The summed E-state index contributed by atoms with van der Waals surface area (Å²) in [5, 5.41) is 10.4. The molecule has 3 N–H and O–H groups in total. The van der Waals surface area contributed by atoms with Gasteiger partial charge in [0.25, 0.3) is 0 Å². The molecule has 4 nitrogen and oxygen atoms in total. The quantitative estimate of drug-likeness (QED) is 0.858. The Morgan fingerprint density at radius 1 is 1.39 bits per heavy atom. The second-order valence-electron chi connectivity index (χ2n) is 4.86. The lowest BCUT2D eigenvalue weighted by molar-refractivity contribution is 0.111. The highest BCUT2D eigenvalue weighted by molar-refractivity contribution is 7.91. The molecule has 2 rings (SSSR count). The molecule has 1 aromatic rings. The third-order valence-electron chi connectivity index (χ3n) is 3.54. The van der Waals surface area contributed by atoms with Crippen molar-refractivity contribution in [2.45, 2.75) is 25.5 Å². The van der Waals surface area contributed by atoms with Crippen LogP contribution in [0.15, 0.2) is 24.3 Å². The number of hydrogen-bond donors (Lipinski definition) is 2. The minimum absolute atomic E-state index is 0.0765. The van der Waals surface area contributed by atoms with Gasteiger partial charge in [0.1, 0.15) is 0 Å². The smallest absolute Gasteiger partial charge is 0.150 e. The standard InChI is InChI=1S/C13H19NO3S/c14-8-10-4-1-2-6-12(10)13(15)11-5-3-7-18(16,17)9-11/h1-2,4,6,11,13,15H,3,5,7-9,14H2. The van der Waals surface area contributed by atoms with E-state index in [-0.39, 0.29) is 17.4 Å². The highest BCUT2D eigenvalue weighted by atomic mass is 32.2. The van der Waals surface area contributed by atoms with Gasteiger partial charge in [-0.3, -0.25) is 0 Å². The lowest BCUT2D eigenvalue weighted by Crippen LogP contribution is -2.29. The third kappa shape index (κ3) is 2.91. The fraction of sp³-hybridized carbons (Fsp3) is 0.538. The Labute approximate surface area is 108 Å². The van der Waals surface area contributed by atoms with Gasteiger partial charge in [-0.25, -0.2) is 8.42 Å². The summed E-state index contributed by atoms with van der Waals surface area (Å²) >= 11 is 0. The number of nitrogens with two attached hydrogens (primary N) is 1. The number of benzene rings is 1. The molecular weight excluding hydrogens is 250 g/mol. The molecule has 1 aliphatic rings. The van der Waals surface area contributed by atoms with Crippen LogP contribution in [-0.4, -0.2) is 25.0 Å². The van der Waals surface area contributed by atoms with E-state index in [2.05, 4.69) is 0 Å². The molecule has 5 heteroatoms. The summed E-state index contributed by atoms with van der Waals surface area (Å²) in [5.41, 5.74) is 7.29. The normalized spacial score (nSPS) is 24.7. The highest BCUT2D eigenvalue weighted by Gasteiger charge is 2.31. The molecule has 0 radical (unpaired) electrons. The molecule has 0 aliphatic carbocycles. The highest BCUT2D eigenvalue weighted by Crippen LogP contribution is 2.32. The molecule has 100 valence electrons. The lowest BCUT2D eigenvalue weighted by atomic mass is 9.90. The van der Waals surface area contributed by atoms with Gasteiger partial charge in [0.05, 0.1) is 17.6 Å². The number of rotatable bonds is 3. The molecular formula is C13H19NO3S. The molecule has 2 atom stereocenters. The van der Waals surface area contributed by atoms with Crippen molar-refractivity contribution in [3.8, 4) is 0 Å². The van der Waals surface area contributed by atoms with E-state index in [9.17, 15) is 13.5 Å². The zero-order valence-electron chi connectivity index (χ0n) is 10.2. The molecule has 0 bridgehead atoms. The van der Waals surface area contributed by atoms with E-state index in [1.165, 1.54) is 0 Å². The van der Waals surface area contributed by atoms with E-state index >= 15 is 0 Å². The van der Waals surface area contributed by atoms with Gasteiger partial charge in [0, 0.05) is 12.5 Å². The molecule has 1 saturated heterocycles. The molecule has 0 spiro atoms. The van der Waals surface area contributed by atoms with E-state index < -0.39 is 15.9 Å². The Bertz CT molecular complexity index is 513. The first kappa shape index (κ1) is 13.5. The van der Waals surface area contributed by atoms with E-state index in [1.54, 1.807) is 0 Å². The summed E-state index contributed by atoms with van der Waals surface area (Å²) in [6.45, 7) is 0.354. The zero-order valence-corrected chi connectivity index (χ0v) is 11.1. The largest absolute Gasteiger partial charge is 0.388 e. The molecule has 2 unspecified atom stereocenters. The first-order valence-corrected chi connectivity index (χ1v) is 8.02. The Morgan fingerprint density at radius 3 is 2.78 bits per heavy atom. The zero-order chi connectivity index (χ0) is 13.2. The molecule has 1 fully saturated rings. The van der Waals surface area contributed by atoms with Crippen molar-refractivity contribution in [3.63, 3.8) is 0 Å². The van der Waals surface area contributed by atoms with Gasteiger partial charge >= 0.3 is 0 Å². The SMILES string of the molecule is NCc1ccccc1C(O)C1CCCS(=O)(=O)C1. The lowest BCUT2D eigenvalue weighted by Gasteiger charge is -2.27. The first-order valence-electron chi connectivity index (χ1n) is 6.20. The van der Waals surface area contributed by atoms with Crippen LogP contribution >= 0.6 is 0 Å². The Hall–Kier alpha value is -0.910. The molecule has 0 amide bonds. The second kappa shape index (κ2) is 5.38. The van der Waals surface area contributed by atoms with Crippen LogP contribution in [0.1, 0.15) is 30.1 Å². The fourth-order valence-electron chi connectivity index (χ4n) is 2.57. The maximum Gasteiger partial charge on any atom is 0.150 e. The van der Waals surface area contributed by atoms with Gasteiger partial charge < -0.3 is 10.8 Å². The minimum Gasteiger partial charge on any atom is -0.388 e. The molecule has 18 heavy (non-hydrogen) atoms. The van der Waals surface area contributed by atoms with Crippen LogP contribution in [0.4, 0.5) is 0 Å². The summed E-state index contributed by atoms with van der Waals surface area (Å²) in [5.74, 6) is 0.110. The van der Waals surface area contributed by atoms with Crippen LogP contribution in [0.25, 0.3) is 0 Å². The van der Waals surface area contributed by atoms with Crippen molar-refractivity contribution in [2.75, 3.05) is 11.5 Å². The number of aliphatic hydroxyl groups is 1. The van der Waals surface area contributed by atoms with Gasteiger partial charge in [-0.1, -0.05) is 24.3 Å². The van der Waals surface area contributed by atoms with Gasteiger partial charge in [0.15, 0.2) is 9.84 Å². The average Bonchev–Trinajstić information content (AvgIpc) is 2.36. The third-order valence-corrected chi connectivity index (χ3v) is 5.39. The van der Waals surface area contributed by atoms with E-state index in [0.717, 1.165) is 17.5 Å². The van der Waals surface area contributed by atoms with Crippen LogP contribution < -0.4 is 5.73 Å². The van der Waals surface area contributed by atoms with Gasteiger partial charge in [-0.05, 0) is 24.0 Å². The molecule has 0 aromatic heterocycles. The summed E-state index contributed by atoms with van der Waals surface area (Å²) in [6.07, 6.45) is 0.647. The van der Waals surface area contributed by atoms with Gasteiger partial charge in [-0.15, -0.1) is 0 Å². The van der Waals surface area contributed by atoms with Crippen LogP contribution in [0.5, 0.6) is 0 Å². The minimum atomic E-state index is -3.00. The predicted octanol–water partition coefficient (Wildman–Crippen LogP) is 1.00. The van der Waals surface area contributed by atoms with Crippen molar-refractivity contribution in [3.05, 3.63) is 35.4 Å². The fourth-order valence-corrected chi connectivity index (χ4v) is 4.34. The van der Waals surface area contributed by atoms with Crippen molar-refractivity contribution in [2.24, 2.45) is 11.7 Å². The van der Waals surface area contributed by atoms with Crippen LogP contribution in [0.2, 0.25) is 0 Å². The number of hydrogen-bond acceptors (Lipinski definition) is 4. The Balaban J connectivity index is 2.23. The summed E-state index contributed by atoms with van der Waals surface area (Å²) in [7, 11) is -3.00. The maximum atomic E-state index is 11.6. The summed E-state index contributed by atoms with van der Waals surface area (Å²) < 4.78 is 23.2. The van der Waals surface area contributed by atoms with Crippen LogP contribution in [0.3, 0.4) is 0 Å². The molecule has 1 aromatic carbocycles. The molecule has 1 heterocycles. The topological polar surface area (TPSA) is 80.4 Å². The summed E-state index contributed by atoms with van der Waals surface area (Å²) in [4.78, 5) is 0. The molecule has 0 saturated carbocycles. The van der Waals surface area contributed by atoms with Crippen LogP contribution in [-0.2, 0) is 16.4 Å². The van der Waals surface area contributed by atoms with E-state index in [4.69, 9.17) is 5.73 Å². The van der Waals surface area contributed by atoms with Gasteiger partial charge in [-0.2, -0.15) is 0 Å². The van der Waals surface area contributed by atoms with E-state index in [0.29, 0.717) is 13.0 Å². The van der Waals surface area contributed by atoms with Crippen LogP contribution in [0, 0.1) is 5.92 Å². The Morgan fingerprint density at radius 2 is 2.11 bits per heavy atom. The second-order valence-corrected chi connectivity index (χ2v) is 7.09. The monoisotopic (exact) mass is 269 g/mol.